The maximum absolute atomic E-state index is 6.42. The van der Waals surface area contributed by atoms with E-state index in [1.54, 1.807) is 0 Å². The molecule has 0 atom stereocenters. The van der Waals surface area contributed by atoms with E-state index in [0.29, 0.717) is 0 Å². The number of fused-ring (bicyclic) bond motifs is 6. The lowest BCUT2D eigenvalue weighted by molar-refractivity contribution is 0.631. The first kappa shape index (κ1) is 26.7. The first-order valence-electron chi connectivity index (χ1n) is 15.6. The predicted molar refractivity (Wildman–Crippen MR) is 171 cm³/mol. The zero-order valence-electron chi connectivity index (χ0n) is 24.2. The minimum atomic E-state index is 0.917. The maximum atomic E-state index is 6.42. The Bertz CT molecular complexity index is 1710. The first-order chi connectivity index (χ1) is 19.7. The van der Waals surface area contributed by atoms with Gasteiger partial charge in [0.1, 0.15) is 22.3 Å². The van der Waals surface area contributed by atoms with E-state index in [1.165, 1.54) is 98.3 Å². The minimum Gasteiger partial charge on any atom is -0.456 e. The lowest BCUT2D eigenvalue weighted by Gasteiger charge is -2.05. The van der Waals surface area contributed by atoms with Gasteiger partial charge in [-0.25, -0.2) is 0 Å². The SMILES string of the molecule is CCCCCCCc1ccc(-c2ccc3c(c2)oc2cc4c(cc23)oc2cc(CCCCCCC)ccc24)cc1. The zero-order chi connectivity index (χ0) is 27.3. The molecule has 0 amide bonds. The molecule has 0 bridgehead atoms. The monoisotopic (exact) mass is 530 g/mol. The van der Waals surface area contributed by atoms with Crippen molar-refractivity contribution >= 4 is 43.9 Å². The van der Waals surface area contributed by atoms with Gasteiger partial charge in [-0.1, -0.05) is 108 Å². The van der Waals surface area contributed by atoms with Crippen LogP contribution in [0.15, 0.2) is 81.6 Å². The normalized spacial score (nSPS) is 11.9. The van der Waals surface area contributed by atoms with Crippen molar-refractivity contribution in [3.63, 3.8) is 0 Å². The molecule has 2 nitrogen and oxygen atoms in total. The van der Waals surface area contributed by atoms with E-state index in [9.17, 15) is 0 Å². The standard InChI is InChI=1S/C38H42O2/c1-3-5-7-9-11-13-27-15-18-29(19-16-27)30-20-22-32-34-26-37-33(25-38(34)40-36(32)24-30)31-21-17-28(23-35(31)39-37)14-12-10-8-6-4-2/h15-26H,3-14H2,1-2H3. The summed E-state index contributed by atoms with van der Waals surface area (Å²) in [6.07, 6.45) is 15.4. The predicted octanol–water partition coefficient (Wildman–Crippen LogP) is 12.2. The van der Waals surface area contributed by atoms with Gasteiger partial charge >= 0.3 is 0 Å². The van der Waals surface area contributed by atoms with Gasteiger partial charge in [-0.2, -0.15) is 0 Å². The Morgan fingerprint density at radius 1 is 0.400 bits per heavy atom. The summed E-state index contributed by atoms with van der Waals surface area (Å²) in [5.41, 5.74) is 8.97. The van der Waals surface area contributed by atoms with Crippen molar-refractivity contribution in [2.75, 3.05) is 0 Å². The van der Waals surface area contributed by atoms with Gasteiger partial charge in [0.05, 0.1) is 0 Å². The highest BCUT2D eigenvalue weighted by molar-refractivity contribution is 6.15. The van der Waals surface area contributed by atoms with E-state index in [2.05, 4.69) is 86.6 Å². The second-order valence-electron chi connectivity index (χ2n) is 11.6. The summed E-state index contributed by atoms with van der Waals surface area (Å²) in [5, 5.41) is 4.54. The molecule has 0 N–H and O–H groups in total. The second kappa shape index (κ2) is 12.3. The summed E-state index contributed by atoms with van der Waals surface area (Å²) in [4.78, 5) is 0. The molecule has 0 saturated heterocycles. The van der Waals surface area contributed by atoms with Crippen molar-refractivity contribution in [3.8, 4) is 11.1 Å². The molecule has 0 saturated carbocycles. The number of aryl methyl sites for hydroxylation is 2. The highest BCUT2D eigenvalue weighted by Gasteiger charge is 2.14. The molecular formula is C38H42O2. The van der Waals surface area contributed by atoms with Crippen LogP contribution in [0.5, 0.6) is 0 Å². The quantitative estimate of drug-likeness (QED) is 0.139. The number of hydrogen-bond acceptors (Lipinski definition) is 2. The van der Waals surface area contributed by atoms with Crippen molar-refractivity contribution in [2.24, 2.45) is 0 Å². The highest BCUT2D eigenvalue weighted by Crippen LogP contribution is 2.38. The van der Waals surface area contributed by atoms with Crippen molar-refractivity contribution < 1.29 is 8.83 Å². The Balaban J connectivity index is 1.22. The van der Waals surface area contributed by atoms with Crippen LogP contribution in [0.25, 0.3) is 55.0 Å². The van der Waals surface area contributed by atoms with Gasteiger partial charge in [-0.05, 0) is 78.3 Å². The molecule has 0 unspecified atom stereocenters. The van der Waals surface area contributed by atoms with Crippen molar-refractivity contribution in [3.05, 3.63) is 83.9 Å². The van der Waals surface area contributed by atoms with E-state index in [4.69, 9.17) is 8.83 Å². The molecule has 40 heavy (non-hydrogen) atoms. The van der Waals surface area contributed by atoms with Crippen LogP contribution in [-0.2, 0) is 12.8 Å². The van der Waals surface area contributed by atoms with Crippen molar-refractivity contribution in [2.45, 2.75) is 90.9 Å². The number of benzene rings is 4. The summed E-state index contributed by atoms with van der Waals surface area (Å²) in [7, 11) is 0. The second-order valence-corrected chi connectivity index (χ2v) is 11.6. The molecule has 206 valence electrons. The molecule has 0 aliphatic rings. The lowest BCUT2D eigenvalue weighted by Crippen LogP contribution is -1.86. The number of unbranched alkanes of at least 4 members (excludes halogenated alkanes) is 8. The summed E-state index contributed by atoms with van der Waals surface area (Å²) >= 11 is 0. The molecule has 0 aliphatic heterocycles. The third-order valence-electron chi connectivity index (χ3n) is 8.55. The highest BCUT2D eigenvalue weighted by atomic mass is 16.3. The summed E-state index contributed by atoms with van der Waals surface area (Å²) in [6.45, 7) is 4.54. The molecule has 6 aromatic rings. The fourth-order valence-corrected chi connectivity index (χ4v) is 6.15. The number of furan rings is 2. The molecule has 0 aliphatic carbocycles. The van der Waals surface area contributed by atoms with Crippen LogP contribution in [0.1, 0.15) is 89.2 Å². The average molecular weight is 531 g/mol. The van der Waals surface area contributed by atoms with Crippen LogP contribution in [-0.4, -0.2) is 0 Å². The number of rotatable bonds is 13. The molecule has 2 heterocycles. The smallest absolute Gasteiger partial charge is 0.136 e. The van der Waals surface area contributed by atoms with E-state index in [1.807, 2.05) is 0 Å². The van der Waals surface area contributed by atoms with Crippen LogP contribution >= 0.6 is 0 Å². The van der Waals surface area contributed by atoms with Crippen LogP contribution in [0.2, 0.25) is 0 Å². The maximum Gasteiger partial charge on any atom is 0.136 e. The molecule has 6 rings (SSSR count). The number of hydrogen-bond donors (Lipinski definition) is 0. The van der Waals surface area contributed by atoms with Gasteiger partial charge < -0.3 is 8.83 Å². The fraction of sp³-hybridized carbons (Fsp3) is 0.368. The summed E-state index contributed by atoms with van der Waals surface area (Å²) in [5.74, 6) is 0. The van der Waals surface area contributed by atoms with Crippen LogP contribution in [0.3, 0.4) is 0 Å². The molecular weight excluding hydrogens is 488 g/mol. The zero-order valence-corrected chi connectivity index (χ0v) is 24.2. The average Bonchev–Trinajstić information content (AvgIpc) is 3.52. The Kier molecular flexibility index (Phi) is 8.23. The third kappa shape index (κ3) is 5.68. The fourth-order valence-electron chi connectivity index (χ4n) is 6.15. The van der Waals surface area contributed by atoms with Gasteiger partial charge in [0, 0.05) is 21.5 Å². The minimum absolute atomic E-state index is 0.917. The van der Waals surface area contributed by atoms with Gasteiger partial charge in [0.2, 0.25) is 0 Å². The molecule has 2 heteroatoms. The van der Waals surface area contributed by atoms with Crippen molar-refractivity contribution in [1.29, 1.82) is 0 Å². The van der Waals surface area contributed by atoms with Gasteiger partial charge in [-0.15, -0.1) is 0 Å². The van der Waals surface area contributed by atoms with E-state index in [-0.39, 0.29) is 0 Å². The van der Waals surface area contributed by atoms with Crippen LogP contribution in [0.4, 0.5) is 0 Å². The van der Waals surface area contributed by atoms with E-state index < -0.39 is 0 Å². The molecule has 2 aromatic heterocycles. The Hall–Kier alpha value is -3.52. The van der Waals surface area contributed by atoms with E-state index in [0.717, 1.165) is 44.9 Å². The Morgan fingerprint density at radius 3 is 1.50 bits per heavy atom. The van der Waals surface area contributed by atoms with E-state index >= 15 is 0 Å². The Labute approximate surface area is 238 Å². The van der Waals surface area contributed by atoms with Gasteiger partial charge in [-0.3, -0.25) is 0 Å². The Morgan fingerprint density at radius 2 is 0.875 bits per heavy atom. The lowest BCUT2D eigenvalue weighted by atomic mass is 10.00. The summed E-state index contributed by atoms with van der Waals surface area (Å²) < 4.78 is 12.8. The van der Waals surface area contributed by atoms with Crippen LogP contribution in [0, 0.1) is 0 Å². The van der Waals surface area contributed by atoms with Gasteiger partial charge in [0.15, 0.2) is 0 Å². The molecule has 0 fully saturated rings. The largest absolute Gasteiger partial charge is 0.456 e. The first-order valence-corrected chi connectivity index (χ1v) is 15.6. The topological polar surface area (TPSA) is 26.3 Å². The molecule has 0 spiro atoms. The summed E-state index contributed by atoms with van der Waals surface area (Å²) in [6, 6.07) is 26.7. The third-order valence-corrected chi connectivity index (χ3v) is 8.55. The van der Waals surface area contributed by atoms with Crippen LogP contribution < -0.4 is 0 Å². The molecule has 4 aromatic carbocycles. The van der Waals surface area contributed by atoms with Gasteiger partial charge in [0.25, 0.3) is 0 Å². The van der Waals surface area contributed by atoms with Crippen molar-refractivity contribution in [1.82, 2.24) is 0 Å². The molecule has 0 radical (unpaired) electrons.